The molecule has 126 valence electrons. The van der Waals surface area contributed by atoms with Crippen molar-refractivity contribution in [2.45, 2.75) is 26.8 Å². The zero-order valence-electron chi connectivity index (χ0n) is 13.3. The van der Waals surface area contributed by atoms with Gasteiger partial charge in [-0.2, -0.15) is 0 Å². The molecule has 1 heterocycles. The number of sulfonamides is 1. The van der Waals surface area contributed by atoms with Crippen LogP contribution in [-0.4, -0.2) is 32.8 Å². The normalized spacial score (nSPS) is 11.8. The third kappa shape index (κ3) is 4.97. The Labute approximate surface area is 135 Å². The van der Waals surface area contributed by atoms with Crippen LogP contribution in [0.5, 0.6) is 0 Å². The SMILES string of the molecule is Cc1coc2ccc(NC(=O)NCCS(=O)(=O)NC(C)C)cc12. The molecule has 0 unspecified atom stereocenters. The van der Waals surface area contributed by atoms with Gasteiger partial charge in [-0.05, 0) is 44.5 Å². The minimum Gasteiger partial charge on any atom is -0.464 e. The van der Waals surface area contributed by atoms with E-state index in [0.29, 0.717) is 5.69 Å². The van der Waals surface area contributed by atoms with Crippen LogP contribution in [0.4, 0.5) is 10.5 Å². The smallest absolute Gasteiger partial charge is 0.319 e. The zero-order chi connectivity index (χ0) is 17.0. The number of furan rings is 1. The van der Waals surface area contributed by atoms with Crippen LogP contribution < -0.4 is 15.4 Å². The standard InChI is InChI=1S/C15H21N3O4S/c1-10(2)18-23(20,21)7-6-16-15(19)17-12-4-5-14-13(8-12)11(3)9-22-14/h4-5,8-10,18H,6-7H2,1-3H3,(H2,16,17,19). The molecule has 2 aromatic rings. The van der Waals surface area contributed by atoms with Crippen LogP contribution in [0.1, 0.15) is 19.4 Å². The summed E-state index contributed by atoms with van der Waals surface area (Å²) in [6.07, 6.45) is 1.65. The van der Waals surface area contributed by atoms with Crippen LogP contribution in [0.25, 0.3) is 11.0 Å². The van der Waals surface area contributed by atoms with E-state index in [9.17, 15) is 13.2 Å². The molecule has 2 amide bonds. The number of anilines is 1. The zero-order valence-corrected chi connectivity index (χ0v) is 14.2. The molecule has 0 saturated carbocycles. The van der Waals surface area contributed by atoms with Gasteiger partial charge >= 0.3 is 6.03 Å². The second-order valence-corrected chi connectivity index (χ2v) is 7.48. The average molecular weight is 339 g/mol. The molecule has 0 fully saturated rings. The fourth-order valence-corrected chi connectivity index (χ4v) is 3.33. The molecular weight excluding hydrogens is 318 g/mol. The number of hydrogen-bond donors (Lipinski definition) is 3. The number of nitrogens with one attached hydrogen (secondary N) is 3. The van der Waals surface area contributed by atoms with Crippen LogP contribution in [0.3, 0.4) is 0 Å². The Morgan fingerprint density at radius 1 is 1.30 bits per heavy atom. The summed E-state index contributed by atoms with van der Waals surface area (Å²) in [6.45, 7) is 5.43. The average Bonchev–Trinajstić information content (AvgIpc) is 2.78. The predicted octanol–water partition coefficient (Wildman–Crippen LogP) is 2.19. The first-order valence-corrected chi connectivity index (χ1v) is 8.95. The first-order valence-electron chi connectivity index (χ1n) is 7.29. The van der Waals surface area contributed by atoms with Crippen molar-refractivity contribution >= 4 is 32.7 Å². The minimum absolute atomic E-state index is 0.0286. The van der Waals surface area contributed by atoms with E-state index in [1.165, 1.54) is 0 Å². The number of hydrogen-bond acceptors (Lipinski definition) is 4. The summed E-state index contributed by atoms with van der Waals surface area (Å²) < 4.78 is 31.1. The van der Waals surface area contributed by atoms with Gasteiger partial charge in [0.05, 0.1) is 12.0 Å². The molecule has 2 rings (SSSR count). The molecule has 0 spiro atoms. The lowest BCUT2D eigenvalue weighted by Gasteiger charge is -2.10. The van der Waals surface area contributed by atoms with E-state index >= 15 is 0 Å². The number of aryl methyl sites for hydroxylation is 1. The molecule has 0 aliphatic rings. The Morgan fingerprint density at radius 3 is 2.74 bits per heavy atom. The monoisotopic (exact) mass is 339 g/mol. The predicted molar refractivity (Wildman–Crippen MR) is 90.0 cm³/mol. The van der Waals surface area contributed by atoms with Gasteiger partial charge in [-0.3, -0.25) is 0 Å². The summed E-state index contributed by atoms with van der Waals surface area (Å²) in [7, 11) is -3.38. The van der Waals surface area contributed by atoms with E-state index in [0.717, 1.165) is 16.5 Å². The number of amides is 2. The number of carbonyl (C=O) groups excluding carboxylic acids is 1. The lowest BCUT2D eigenvalue weighted by Crippen LogP contribution is -2.38. The van der Waals surface area contributed by atoms with Gasteiger partial charge < -0.3 is 15.1 Å². The van der Waals surface area contributed by atoms with Gasteiger partial charge in [-0.1, -0.05) is 0 Å². The first kappa shape index (κ1) is 17.3. The van der Waals surface area contributed by atoms with Gasteiger partial charge in [0, 0.05) is 23.7 Å². The number of rotatable bonds is 6. The molecule has 23 heavy (non-hydrogen) atoms. The second-order valence-electron chi connectivity index (χ2n) is 5.60. The van der Waals surface area contributed by atoms with Crippen molar-refractivity contribution in [1.82, 2.24) is 10.0 Å². The van der Waals surface area contributed by atoms with Gasteiger partial charge in [-0.15, -0.1) is 0 Å². The van der Waals surface area contributed by atoms with Gasteiger partial charge in [-0.25, -0.2) is 17.9 Å². The van der Waals surface area contributed by atoms with E-state index < -0.39 is 16.1 Å². The van der Waals surface area contributed by atoms with Crippen molar-refractivity contribution in [3.63, 3.8) is 0 Å². The van der Waals surface area contributed by atoms with Crippen molar-refractivity contribution in [2.24, 2.45) is 0 Å². The quantitative estimate of drug-likeness (QED) is 0.751. The lowest BCUT2D eigenvalue weighted by molar-refractivity contribution is 0.252. The molecular formula is C15H21N3O4S. The highest BCUT2D eigenvalue weighted by molar-refractivity contribution is 7.89. The summed E-state index contributed by atoms with van der Waals surface area (Å²) in [6, 6.07) is 4.69. The van der Waals surface area contributed by atoms with Crippen molar-refractivity contribution < 1.29 is 17.6 Å². The first-order chi connectivity index (χ1) is 10.8. The van der Waals surface area contributed by atoms with Gasteiger partial charge in [0.15, 0.2) is 0 Å². The van der Waals surface area contributed by atoms with E-state index in [1.54, 1.807) is 32.2 Å². The van der Waals surface area contributed by atoms with E-state index in [4.69, 9.17) is 4.42 Å². The highest BCUT2D eigenvalue weighted by atomic mass is 32.2. The summed E-state index contributed by atoms with van der Waals surface area (Å²) in [5, 5.41) is 6.12. The van der Waals surface area contributed by atoms with Crippen LogP contribution >= 0.6 is 0 Å². The fraction of sp³-hybridized carbons (Fsp3) is 0.400. The maximum absolute atomic E-state index is 11.8. The fourth-order valence-electron chi connectivity index (χ4n) is 2.13. The van der Waals surface area contributed by atoms with Crippen molar-refractivity contribution in [2.75, 3.05) is 17.6 Å². The van der Waals surface area contributed by atoms with Crippen molar-refractivity contribution in [1.29, 1.82) is 0 Å². The molecule has 0 saturated heterocycles. The van der Waals surface area contributed by atoms with E-state index in [2.05, 4.69) is 15.4 Å². The van der Waals surface area contributed by atoms with Gasteiger partial charge in [0.2, 0.25) is 10.0 Å². The third-order valence-corrected chi connectivity index (χ3v) is 4.67. The highest BCUT2D eigenvalue weighted by Crippen LogP contribution is 2.23. The Balaban J connectivity index is 1.87. The van der Waals surface area contributed by atoms with Gasteiger partial charge in [0.25, 0.3) is 0 Å². The maximum atomic E-state index is 11.8. The number of fused-ring (bicyclic) bond motifs is 1. The number of urea groups is 1. The van der Waals surface area contributed by atoms with Crippen LogP contribution in [0.15, 0.2) is 28.9 Å². The van der Waals surface area contributed by atoms with Crippen molar-refractivity contribution in [3.8, 4) is 0 Å². The highest BCUT2D eigenvalue weighted by Gasteiger charge is 2.12. The molecule has 1 aromatic heterocycles. The van der Waals surface area contributed by atoms with E-state index in [-0.39, 0.29) is 18.3 Å². The van der Waals surface area contributed by atoms with E-state index in [1.807, 2.05) is 13.0 Å². The Bertz CT molecular complexity index is 796. The molecule has 0 aliphatic carbocycles. The summed E-state index contributed by atoms with van der Waals surface area (Å²) >= 11 is 0. The van der Waals surface area contributed by atoms with Crippen LogP contribution in [0.2, 0.25) is 0 Å². The Morgan fingerprint density at radius 2 is 2.04 bits per heavy atom. The van der Waals surface area contributed by atoms with Crippen LogP contribution in [-0.2, 0) is 10.0 Å². The molecule has 7 nitrogen and oxygen atoms in total. The van der Waals surface area contributed by atoms with Crippen molar-refractivity contribution in [3.05, 3.63) is 30.0 Å². The van der Waals surface area contributed by atoms with Crippen LogP contribution in [0, 0.1) is 6.92 Å². The minimum atomic E-state index is -3.38. The molecule has 0 aliphatic heterocycles. The second kappa shape index (κ2) is 7.01. The Hall–Kier alpha value is -2.06. The summed E-state index contributed by atoms with van der Waals surface area (Å²) in [5.41, 5.74) is 2.34. The molecule has 0 atom stereocenters. The number of carbonyl (C=O) groups is 1. The topological polar surface area (TPSA) is 100 Å². The third-order valence-electron chi connectivity index (χ3n) is 3.10. The summed E-state index contributed by atoms with van der Waals surface area (Å²) in [5.74, 6) is -0.168. The van der Waals surface area contributed by atoms with Gasteiger partial charge in [0.1, 0.15) is 5.58 Å². The lowest BCUT2D eigenvalue weighted by atomic mass is 10.2. The maximum Gasteiger partial charge on any atom is 0.319 e. The molecule has 3 N–H and O–H groups in total. The molecule has 0 bridgehead atoms. The largest absolute Gasteiger partial charge is 0.464 e. The molecule has 8 heteroatoms. The number of benzene rings is 1. The summed E-state index contributed by atoms with van der Waals surface area (Å²) in [4.78, 5) is 11.8. The molecule has 1 aromatic carbocycles. The molecule has 0 radical (unpaired) electrons. The Kier molecular flexibility index (Phi) is 5.27.